The molecule has 1 aliphatic rings. The van der Waals surface area contributed by atoms with Crippen LogP contribution in [0.15, 0.2) is 24.4 Å². The fraction of sp³-hybridized carbons (Fsp3) is 0.538. The molecule has 0 saturated heterocycles. The molecule has 1 heterocycles. The van der Waals surface area contributed by atoms with E-state index in [0.717, 1.165) is 6.54 Å². The quantitative estimate of drug-likeness (QED) is 0.713. The van der Waals surface area contributed by atoms with E-state index in [1.807, 2.05) is 20.2 Å². The molecule has 1 aliphatic heterocycles. The van der Waals surface area contributed by atoms with E-state index in [1.165, 1.54) is 0 Å². The first-order valence-corrected chi connectivity index (χ1v) is 6.14. The molecule has 0 aliphatic carbocycles. The molecular weight excluding hydrogens is 248 g/mol. The summed E-state index contributed by atoms with van der Waals surface area (Å²) in [4.78, 5) is 19.8. The first kappa shape index (κ1) is 17.2. The molecule has 6 nitrogen and oxygen atoms in total. The van der Waals surface area contributed by atoms with Gasteiger partial charge in [-0.25, -0.2) is 5.01 Å². The molecule has 0 aromatic rings. The number of unbranched alkanes of at least 4 members (excludes halogenated alkanes) is 1. The molecule has 2 N–H and O–H groups in total. The second-order valence-corrected chi connectivity index (χ2v) is 4.23. The Balaban J connectivity index is 0.000000342. The Labute approximate surface area is 113 Å². The molecule has 0 radical (unpaired) electrons. The Kier molecular flexibility index (Phi) is 9.16. The summed E-state index contributed by atoms with van der Waals surface area (Å²) in [7, 11) is 4.06. The van der Waals surface area contributed by atoms with E-state index in [2.05, 4.69) is 28.4 Å². The Morgan fingerprint density at radius 3 is 1.89 bits per heavy atom. The van der Waals surface area contributed by atoms with Crippen LogP contribution in [-0.2, 0) is 9.59 Å². The molecule has 19 heavy (non-hydrogen) atoms. The fourth-order valence-electron chi connectivity index (χ4n) is 1.31. The zero-order valence-corrected chi connectivity index (χ0v) is 11.5. The van der Waals surface area contributed by atoms with Gasteiger partial charge in [-0.1, -0.05) is 12.2 Å². The van der Waals surface area contributed by atoms with Gasteiger partial charge >= 0.3 is 11.9 Å². The lowest BCUT2D eigenvalue weighted by Crippen LogP contribution is -2.32. The van der Waals surface area contributed by atoms with Crippen LogP contribution in [0.4, 0.5) is 0 Å². The zero-order chi connectivity index (χ0) is 14.7. The average molecular weight is 270 g/mol. The van der Waals surface area contributed by atoms with E-state index in [4.69, 9.17) is 10.2 Å². The molecule has 108 valence electrons. The highest BCUT2D eigenvalue weighted by atomic mass is 16.4. The molecule has 0 spiro atoms. The van der Waals surface area contributed by atoms with Crippen LogP contribution in [0.5, 0.6) is 0 Å². The van der Waals surface area contributed by atoms with Crippen molar-refractivity contribution in [1.82, 2.24) is 10.0 Å². The number of hydrogen-bond donors (Lipinski definition) is 2. The van der Waals surface area contributed by atoms with Crippen LogP contribution in [0.2, 0.25) is 0 Å². The predicted octanol–water partition coefficient (Wildman–Crippen LogP) is 1.56. The molecule has 0 aromatic heterocycles. The van der Waals surface area contributed by atoms with Gasteiger partial charge in [0.15, 0.2) is 0 Å². The third-order valence-corrected chi connectivity index (χ3v) is 2.34. The van der Waals surface area contributed by atoms with Gasteiger partial charge in [0.25, 0.3) is 0 Å². The Bertz CT molecular complexity index is 322. The highest BCUT2D eigenvalue weighted by Crippen LogP contribution is 1.99. The minimum atomic E-state index is -0.870. The summed E-state index contributed by atoms with van der Waals surface area (Å²) < 4.78 is 0. The van der Waals surface area contributed by atoms with Crippen LogP contribution >= 0.6 is 0 Å². The van der Waals surface area contributed by atoms with Crippen molar-refractivity contribution < 1.29 is 19.8 Å². The topological polar surface area (TPSA) is 81.1 Å². The van der Waals surface area contributed by atoms with Crippen molar-refractivity contribution in [2.45, 2.75) is 25.7 Å². The largest absolute Gasteiger partial charge is 0.481 e. The lowest BCUT2D eigenvalue weighted by atomic mass is 10.2. The smallest absolute Gasteiger partial charge is 0.303 e. The standard InChI is InChI=1S/C7H12N2.C6H10O4/c1-8(2)9-6-4-3-5-7-9;7-5(8)3-1-2-4-6(9)10/h3-6H,7H2,1-2H3;1-4H2,(H,7,8)(H,9,10). The van der Waals surface area contributed by atoms with E-state index in [1.54, 1.807) is 0 Å². The van der Waals surface area contributed by atoms with Gasteiger partial charge in [-0.05, 0) is 18.9 Å². The van der Waals surface area contributed by atoms with Crippen molar-refractivity contribution >= 4 is 11.9 Å². The first-order valence-electron chi connectivity index (χ1n) is 6.14. The van der Waals surface area contributed by atoms with Crippen molar-refractivity contribution in [1.29, 1.82) is 0 Å². The second-order valence-electron chi connectivity index (χ2n) is 4.23. The average Bonchev–Trinajstić information content (AvgIpc) is 2.36. The maximum Gasteiger partial charge on any atom is 0.303 e. The lowest BCUT2D eigenvalue weighted by molar-refractivity contribution is -0.139. The summed E-state index contributed by atoms with van der Waals surface area (Å²) in [6.07, 6.45) is 9.29. The van der Waals surface area contributed by atoms with Crippen LogP contribution in [0, 0.1) is 0 Å². The number of rotatable bonds is 6. The molecule has 0 fully saturated rings. The molecule has 6 heteroatoms. The molecule has 0 amide bonds. The monoisotopic (exact) mass is 270 g/mol. The molecule has 0 atom stereocenters. The third kappa shape index (κ3) is 11.0. The summed E-state index contributed by atoms with van der Waals surface area (Å²) in [5.74, 6) is -1.74. The van der Waals surface area contributed by atoms with Crippen LogP contribution in [0.1, 0.15) is 25.7 Å². The van der Waals surface area contributed by atoms with E-state index < -0.39 is 11.9 Å². The van der Waals surface area contributed by atoms with E-state index in [-0.39, 0.29) is 12.8 Å². The number of aliphatic carboxylic acids is 2. The summed E-state index contributed by atoms with van der Waals surface area (Å²) in [5, 5.41) is 20.4. The number of hydrogen-bond acceptors (Lipinski definition) is 4. The zero-order valence-electron chi connectivity index (χ0n) is 11.5. The fourth-order valence-corrected chi connectivity index (χ4v) is 1.31. The van der Waals surface area contributed by atoms with Crippen molar-refractivity contribution in [2.24, 2.45) is 0 Å². The molecule has 0 bridgehead atoms. The Morgan fingerprint density at radius 2 is 1.63 bits per heavy atom. The highest BCUT2D eigenvalue weighted by molar-refractivity contribution is 5.67. The van der Waals surface area contributed by atoms with Crippen molar-refractivity contribution in [3.63, 3.8) is 0 Å². The summed E-state index contributed by atoms with van der Waals surface area (Å²) in [6.45, 7) is 0.990. The molecule has 1 rings (SSSR count). The van der Waals surface area contributed by atoms with Crippen LogP contribution in [0.3, 0.4) is 0 Å². The normalized spacial score (nSPS) is 13.1. The highest BCUT2D eigenvalue weighted by Gasteiger charge is 1.99. The number of carboxylic acid groups (broad SMARTS) is 2. The summed E-state index contributed by atoms with van der Waals surface area (Å²) in [6, 6.07) is 0. The molecule has 0 unspecified atom stereocenters. The van der Waals surface area contributed by atoms with Gasteiger partial charge in [0.1, 0.15) is 0 Å². The minimum absolute atomic E-state index is 0.0628. The minimum Gasteiger partial charge on any atom is -0.481 e. The number of nitrogens with zero attached hydrogens (tertiary/aromatic N) is 2. The van der Waals surface area contributed by atoms with Gasteiger partial charge in [-0.3, -0.25) is 9.59 Å². The number of allylic oxidation sites excluding steroid dienone is 2. The van der Waals surface area contributed by atoms with E-state index >= 15 is 0 Å². The lowest BCUT2D eigenvalue weighted by Gasteiger charge is -2.27. The second kappa shape index (κ2) is 10.1. The van der Waals surface area contributed by atoms with Gasteiger partial charge in [0.2, 0.25) is 0 Å². The summed E-state index contributed by atoms with van der Waals surface area (Å²) in [5.41, 5.74) is 0. The number of hydrazine groups is 1. The Morgan fingerprint density at radius 1 is 1.11 bits per heavy atom. The van der Waals surface area contributed by atoms with Crippen LogP contribution < -0.4 is 0 Å². The van der Waals surface area contributed by atoms with Crippen molar-refractivity contribution in [3.05, 3.63) is 24.4 Å². The summed E-state index contributed by atoms with van der Waals surface area (Å²) >= 11 is 0. The van der Waals surface area contributed by atoms with Crippen molar-refractivity contribution in [3.8, 4) is 0 Å². The maximum absolute atomic E-state index is 9.90. The maximum atomic E-state index is 9.90. The predicted molar refractivity (Wildman–Crippen MR) is 72.4 cm³/mol. The van der Waals surface area contributed by atoms with E-state index in [0.29, 0.717) is 12.8 Å². The van der Waals surface area contributed by atoms with Gasteiger partial charge in [0, 0.05) is 33.1 Å². The van der Waals surface area contributed by atoms with Gasteiger partial charge in [0.05, 0.1) is 6.54 Å². The molecule has 0 aromatic carbocycles. The van der Waals surface area contributed by atoms with Crippen LogP contribution in [-0.4, -0.2) is 52.8 Å². The molecular formula is C13H22N2O4. The van der Waals surface area contributed by atoms with Gasteiger partial charge in [-0.15, -0.1) is 0 Å². The first-order chi connectivity index (χ1) is 8.93. The number of carbonyl (C=O) groups is 2. The van der Waals surface area contributed by atoms with Gasteiger partial charge < -0.3 is 15.2 Å². The Hall–Kier alpha value is -1.82. The van der Waals surface area contributed by atoms with Crippen molar-refractivity contribution in [2.75, 3.05) is 20.6 Å². The number of carboxylic acids is 2. The third-order valence-electron chi connectivity index (χ3n) is 2.34. The molecule has 0 saturated carbocycles. The van der Waals surface area contributed by atoms with E-state index in [9.17, 15) is 9.59 Å². The van der Waals surface area contributed by atoms with Crippen LogP contribution in [0.25, 0.3) is 0 Å². The SMILES string of the molecule is CN(C)N1C=CC=CC1.O=C(O)CCCCC(=O)O. The van der Waals surface area contributed by atoms with Gasteiger partial charge in [-0.2, -0.15) is 0 Å².